The van der Waals surface area contributed by atoms with Crippen LogP contribution in [0.4, 0.5) is 5.82 Å². The lowest BCUT2D eigenvalue weighted by atomic mass is 10.3. The minimum Gasteiger partial charge on any atom is -0.483 e. The summed E-state index contributed by atoms with van der Waals surface area (Å²) < 4.78 is 8.76. The molecule has 0 aliphatic carbocycles. The van der Waals surface area contributed by atoms with Crippen LogP contribution in [0.1, 0.15) is 25.8 Å². The van der Waals surface area contributed by atoms with Crippen LogP contribution < -0.4 is 10.1 Å². The third-order valence-electron chi connectivity index (χ3n) is 3.81. The van der Waals surface area contributed by atoms with Crippen LogP contribution in [-0.4, -0.2) is 31.4 Å². The number of amides is 1. The molecular formula is C19H20BrN5O2S. The van der Waals surface area contributed by atoms with Gasteiger partial charge >= 0.3 is 0 Å². The van der Waals surface area contributed by atoms with Crippen molar-refractivity contribution in [1.82, 2.24) is 19.7 Å². The van der Waals surface area contributed by atoms with Gasteiger partial charge in [0.1, 0.15) is 11.6 Å². The van der Waals surface area contributed by atoms with Gasteiger partial charge < -0.3 is 14.6 Å². The minimum atomic E-state index is -0.259. The SMILES string of the molecule is CCn1c(SCC(=O)Nc2ccc(Br)cn2)nnc1C(C)Oc1ccccc1. The van der Waals surface area contributed by atoms with Crippen LogP contribution in [0.5, 0.6) is 5.75 Å². The van der Waals surface area contributed by atoms with E-state index in [9.17, 15) is 4.79 Å². The zero-order valence-corrected chi connectivity index (χ0v) is 17.9. The van der Waals surface area contributed by atoms with E-state index in [2.05, 4.69) is 36.4 Å². The van der Waals surface area contributed by atoms with E-state index in [1.165, 1.54) is 11.8 Å². The summed E-state index contributed by atoms with van der Waals surface area (Å²) >= 11 is 4.65. The number of benzene rings is 1. The number of nitrogens with zero attached hydrogens (tertiary/aromatic N) is 4. The van der Waals surface area contributed by atoms with Gasteiger partial charge in [-0.1, -0.05) is 30.0 Å². The van der Waals surface area contributed by atoms with E-state index in [1.807, 2.05) is 54.8 Å². The highest BCUT2D eigenvalue weighted by molar-refractivity contribution is 9.10. The number of pyridine rings is 1. The Hall–Kier alpha value is -2.39. The van der Waals surface area contributed by atoms with Gasteiger partial charge in [0.2, 0.25) is 5.91 Å². The molecule has 0 radical (unpaired) electrons. The first kappa shape index (κ1) is 20.3. The summed E-state index contributed by atoms with van der Waals surface area (Å²) in [6.45, 7) is 4.63. The molecule has 1 N–H and O–H groups in total. The van der Waals surface area contributed by atoms with Crippen molar-refractivity contribution < 1.29 is 9.53 Å². The fourth-order valence-electron chi connectivity index (χ4n) is 2.52. The van der Waals surface area contributed by atoms with E-state index < -0.39 is 0 Å². The number of anilines is 1. The Labute approximate surface area is 176 Å². The number of hydrogen-bond acceptors (Lipinski definition) is 6. The van der Waals surface area contributed by atoms with Crippen molar-refractivity contribution in [3.63, 3.8) is 0 Å². The molecule has 1 atom stereocenters. The second-order valence-corrected chi connectivity index (χ2v) is 7.71. The van der Waals surface area contributed by atoms with Crippen molar-refractivity contribution in [1.29, 1.82) is 0 Å². The highest BCUT2D eigenvalue weighted by Crippen LogP contribution is 2.24. The molecule has 0 bridgehead atoms. The van der Waals surface area contributed by atoms with Crippen LogP contribution in [0.2, 0.25) is 0 Å². The van der Waals surface area contributed by atoms with Gasteiger partial charge in [-0.3, -0.25) is 4.79 Å². The van der Waals surface area contributed by atoms with Gasteiger partial charge in [-0.2, -0.15) is 0 Å². The first-order chi connectivity index (χ1) is 13.6. The highest BCUT2D eigenvalue weighted by atomic mass is 79.9. The van der Waals surface area contributed by atoms with Crippen LogP contribution in [-0.2, 0) is 11.3 Å². The summed E-state index contributed by atoms with van der Waals surface area (Å²) in [4.78, 5) is 16.3. The summed E-state index contributed by atoms with van der Waals surface area (Å²) in [5, 5.41) is 12.0. The zero-order valence-electron chi connectivity index (χ0n) is 15.5. The molecule has 2 heterocycles. The lowest BCUT2D eigenvalue weighted by Crippen LogP contribution is -2.16. The number of nitrogens with one attached hydrogen (secondary N) is 1. The largest absolute Gasteiger partial charge is 0.483 e. The summed E-state index contributed by atoms with van der Waals surface area (Å²) in [5.41, 5.74) is 0. The molecule has 3 aromatic rings. The Balaban J connectivity index is 1.61. The number of para-hydroxylation sites is 1. The average molecular weight is 462 g/mol. The van der Waals surface area contributed by atoms with Crippen LogP contribution in [0, 0.1) is 0 Å². The topological polar surface area (TPSA) is 81.9 Å². The molecule has 0 saturated heterocycles. The van der Waals surface area contributed by atoms with Crippen LogP contribution in [0.25, 0.3) is 0 Å². The number of ether oxygens (including phenoxy) is 1. The Morgan fingerprint density at radius 3 is 2.71 bits per heavy atom. The molecule has 9 heteroatoms. The van der Waals surface area contributed by atoms with Gasteiger partial charge in [0, 0.05) is 17.2 Å². The van der Waals surface area contributed by atoms with E-state index in [-0.39, 0.29) is 17.8 Å². The van der Waals surface area contributed by atoms with Crippen LogP contribution in [0.15, 0.2) is 58.3 Å². The molecule has 0 saturated carbocycles. The highest BCUT2D eigenvalue weighted by Gasteiger charge is 2.19. The third kappa shape index (κ3) is 5.32. The zero-order chi connectivity index (χ0) is 19.9. The third-order valence-corrected chi connectivity index (χ3v) is 5.24. The van der Waals surface area contributed by atoms with Crippen molar-refractivity contribution in [2.24, 2.45) is 0 Å². The Bertz CT molecular complexity index is 918. The number of aromatic nitrogens is 4. The fourth-order valence-corrected chi connectivity index (χ4v) is 3.56. The number of carbonyl (C=O) groups excluding carboxylic acids is 1. The van der Waals surface area contributed by atoms with E-state index in [0.717, 1.165) is 16.0 Å². The summed E-state index contributed by atoms with van der Waals surface area (Å²) in [6, 6.07) is 13.2. The van der Waals surface area contributed by atoms with Crippen molar-refractivity contribution >= 4 is 39.4 Å². The Kier molecular flexibility index (Phi) is 7.05. The smallest absolute Gasteiger partial charge is 0.236 e. The van der Waals surface area contributed by atoms with Crippen LogP contribution >= 0.6 is 27.7 Å². The molecule has 7 nitrogen and oxygen atoms in total. The maximum absolute atomic E-state index is 12.2. The van der Waals surface area contributed by atoms with E-state index in [0.29, 0.717) is 17.5 Å². The average Bonchev–Trinajstić information content (AvgIpc) is 3.12. The molecule has 2 aromatic heterocycles. The van der Waals surface area contributed by atoms with Crippen molar-refractivity contribution in [2.45, 2.75) is 31.7 Å². The molecule has 0 aliphatic rings. The quantitative estimate of drug-likeness (QED) is 0.502. The normalized spacial score (nSPS) is 11.8. The van der Waals surface area contributed by atoms with E-state index >= 15 is 0 Å². The molecule has 3 rings (SSSR count). The van der Waals surface area contributed by atoms with Crippen LogP contribution in [0.3, 0.4) is 0 Å². The maximum atomic E-state index is 12.2. The molecule has 28 heavy (non-hydrogen) atoms. The van der Waals surface area contributed by atoms with E-state index in [1.54, 1.807) is 12.3 Å². The monoisotopic (exact) mass is 461 g/mol. The van der Waals surface area contributed by atoms with Gasteiger partial charge in [0.25, 0.3) is 0 Å². The number of hydrogen-bond donors (Lipinski definition) is 1. The molecule has 0 spiro atoms. The Morgan fingerprint density at radius 1 is 1.25 bits per heavy atom. The summed E-state index contributed by atoms with van der Waals surface area (Å²) in [6.07, 6.45) is 1.38. The minimum absolute atomic E-state index is 0.152. The van der Waals surface area contributed by atoms with Crippen molar-refractivity contribution in [2.75, 3.05) is 11.1 Å². The molecule has 146 valence electrons. The molecule has 0 aliphatic heterocycles. The van der Waals surface area contributed by atoms with Gasteiger partial charge in [0.15, 0.2) is 17.1 Å². The van der Waals surface area contributed by atoms with Crippen molar-refractivity contribution in [3.8, 4) is 5.75 Å². The van der Waals surface area contributed by atoms with E-state index in [4.69, 9.17) is 4.74 Å². The molecule has 0 fully saturated rings. The van der Waals surface area contributed by atoms with Crippen molar-refractivity contribution in [3.05, 3.63) is 59.0 Å². The maximum Gasteiger partial charge on any atom is 0.236 e. The first-order valence-corrected chi connectivity index (χ1v) is 10.5. The predicted octanol–water partition coefficient (Wildman–Crippen LogP) is 4.33. The Morgan fingerprint density at radius 2 is 2.04 bits per heavy atom. The van der Waals surface area contributed by atoms with Gasteiger partial charge in [-0.05, 0) is 54.0 Å². The number of thioether (sulfide) groups is 1. The lowest BCUT2D eigenvalue weighted by Gasteiger charge is -2.15. The molecule has 1 unspecified atom stereocenters. The summed E-state index contributed by atoms with van der Waals surface area (Å²) in [7, 11) is 0. The molecule has 1 amide bonds. The fraction of sp³-hybridized carbons (Fsp3) is 0.263. The standard InChI is InChI=1S/C19H20BrN5O2S/c1-3-25-18(13(2)27-15-7-5-4-6-8-15)23-24-19(25)28-12-17(26)22-16-10-9-14(20)11-21-16/h4-11,13H,3,12H2,1-2H3,(H,21,22,26). The summed E-state index contributed by atoms with van der Waals surface area (Å²) in [5.74, 6) is 2.07. The number of carbonyl (C=O) groups is 1. The van der Waals surface area contributed by atoms with Gasteiger partial charge in [-0.15, -0.1) is 10.2 Å². The number of halogens is 1. The second-order valence-electron chi connectivity index (χ2n) is 5.86. The van der Waals surface area contributed by atoms with Gasteiger partial charge in [-0.25, -0.2) is 4.98 Å². The molecular weight excluding hydrogens is 442 g/mol. The second kappa shape index (κ2) is 9.70. The number of rotatable bonds is 8. The lowest BCUT2D eigenvalue weighted by molar-refractivity contribution is -0.113. The first-order valence-electron chi connectivity index (χ1n) is 8.75. The molecule has 1 aromatic carbocycles. The van der Waals surface area contributed by atoms with Gasteiger partial charge in [0.05, 0.1) is 5.75 Å². The predicted molar refractivity (Wildman–Crippen MR) is 112 cm³/mol.